The van der Waals surface area contributed by atoms with Crippen LogP contribution in [-0.4, -0.2) is 48.9 Å². The molecule has 1 rings (SSSR count). The van der Waals surface area contributed by atoms with Crippen LogP contribution >= 0.6 is 0 Å². The number of hydrazine groups is 1. The van der Waals surface area contributed by atoms with Crippen LogP contribution in [0.2, 0.25) is 0 Å². The molecule has 0 aromatic rings. The highest BCUT2D eigenvalue weighted by Crippen LogP contribution is 2.04. The predicted molar refractivity (Wildman–Crippen MR) is 55.2 cm³/mol. The van der Waals surface area contributed by atoms with Crippen molar-refractivity contribution in [2.75, 3.05) is 32.8 Å². The molecule has 6 heteroatoms. The second kappa shape index (κ2) is 5.66. The van der Waals surface area contributed by atoms with E-state index in [4.69, 9.17) is 16.2 Å². The molecule has 82 valence electrons. The van der Waals surface area contributed by atoms with Gasteiger partial charge in [0.2, 0.25) is 5.96 Å². The molecule has 1 aliphatic rings. The molecule has 0 saturated carbocycles. The van der Waals surface area contributed by atoms with Gasteiger partial charge in [-0.1, -0.05) is 6.92 Å². The molecule has 1 heterocycles. The number of nitrogens with zero attached hydrogens (tertiary/aromatic N) is 3. The summed E-state index contributed by atoms with van der Waals surface area (Å²) in [5.41, 5.74) is 10.7. The fourth-order valence-electron chi connectivity index (χ4n) is 1.37. The summed E-state index contributed by atoms with van der Waals surface area (Å²) in [6.45, 7) is 6.08. The van der Waals surface area contributed by atoms with E-state index in [2.05, 4.69) is 17.0 Å². The predicted octanol–water partition coefficient (Wildman–Crippen LogP) is -0.866. The highest BCUT2D eigenvalue weighted by atomic mass is 16.5. The number of hydrogen-bond donors (Lipinski definition) is 2. The van der Waals surface area contributed by atoms with Crippen molar-refractivity contribution in [2.45, 2.75) is 13.3 Å². The Morgan fingerprint density at radius 2 is 2.07 bits per heavy atom. The zero-order valence-corrected chi connectivity index (χ0v) is 8.65. The van der Waals surface area contributed by atoms with Crippen LogP contribution in [-0.2, 0) is 4.74 Å². The molecular weight excluding hydrogens is 182 g/mol. The minimum Gasteiger partial charge on any atom is -0.379 e. The Labute approximate surface area is 84.4 Å². The second-order valence-corrected chi connectivity index (χ2v) is 3.19. The summed E-state index contributed by atoms with van der Waals surface area (Å²) in [5.74, 6) is 0.102. The fraction of sp³-hybridized carbons (Fsp3) is 0.875. The summed E-state index contributed by atoms with van der Waals surface area (Å²) >= 11 is 0. The van der Waals surface area contributed by atoms with Gasteiger partial charge < -0.3 is 16.2 Å². The highest BCUT2D eigenvalue weighted by molar-refractivity contribution is 5.75. The molecule has 0 spiro atoms. The molecular formula is C8H19N5O. The molecule has 0 atom stereocenters. The Morgan fingerprint density at radius 1 is 1.43 bits per heavy atom. The Balaban J connectivity index is 2.51. The van der Waals surface area contributed by atoms with E-state index >= 15 is 0 Å². The molecule has 1 saturated heterocycles. The summed E-state index contributed by atoms with van der Waals surface area (Å²) in [6, 6.07) is 0. The third-order valence-corrected chi connectivity index (χ3v) is 1.97. The van der Waals surface area contributed by atoms with Gasteiger partial charge in [-0.3, -0.25) is 0 Å². The first kappa shape index (κ1) is 11.1. The van der Waals surface area contributed by atoms with Crippen molar-refractivity contribution in [1.29, 1.82) is 0 Å². The zero-order chi connectivity index (χ0) is 10.4. The smallest absolute Gasteiger partial charge is 0.210 e. The number of hydrogen-bond acceptors (Lipinski definition) is 4. The van der Waals surface area contributed by atoms with Gasteiger partial charge in [-0.05, 0) is 6.42 Å². The van der Waals surface area contributed by atoms with Crippen molar-refractivity contribution in [1.82, 2.24) is 10.1 Å². The van der Waals surface area contributed by atoms with E-state index in [0.29, 0.717) is 0 Å². The summed E-state index contributed by atoms with van der Waals surface area (Å²) in [4.78, 5) is 0. The molecule has 0 aliphatic carbocycles. The van der Waals surface area contributed by atoms with Gasteiger partial charge in [0.15, 0.2) is 0 Å². The van der Waals surface area contributed by atoms with Gasteiger partial charge in [0.05, 0.1) is 19.8 Å². The van der Waals surface area contributed by atoms with Crippen LogP contribution < -0.4 is 11.5 Å². The minimum atomic E-state index is 0.102. The maximum Gasteiger partial charge on any atom is 0.210 e. The third-order valence-electron chi connectivity index (χ3n) is 1.97. The van der Waals surface area contributed by atoms with Crippen molar-refractivity contribution in [3.8, 4) is 0 Å². The van der Waals surface area contributed by atoms with E-state index in [-0.39, 0.29) is 5.96 Å². The van der Waals surface area contributed by atoms with Gasteiger partial charge in [-0.2, -0.15) is 0 Å². The Kier molecular flexibility index (Phi) is 4.48. The lowest BCUT2D eigenvalue weighted by Gasteiger charge is -2.34. The fourth-order valence-corrected chi connectivity index (χ4v) is 1.37. The molecule has 0 unspecified atom stereocenters. The van der Waals surface area contributed by atoms with Crippen LogP contribution in [0.4, 0.5) is 0 Å². The summed E-state index contributed by atoms with van der Waals surface area (Å²) < 4.78 is 5.25. The average molecular weight is 201 g/mol. The zero-order valence-electron chi connectivity index (χ0n) is 8.65. The molecule has 14 heavy (non-hydrogen) atoms. The second-order valence-electron chi connectivity index (χ2n) is 3.19. The van der Waals surface area contributed by atoms with Crippen LogP contribution in [0.1, 0.15) is 13.3 Å². The summed E-state index contributed by atoms with van der Waals surface area (Å²) in [6.07, 6.45) is 1.01. The lowest BCUT2D eigenvalue weighted by atomic mass is 10.4. The van der Waals surface area contributed by atoms with Gasteiger partial charge in [-0.25, -0.2) is 10.1 Å². The normalized spacial score (nSPS) is 17.8. The molecule has 1 fully saturated rings. The Bertz CT molecular complexity index is 186. The standard InChI is InChI=1S/C8H19N5O/c1-2-3-13(11-8(9)10)12-4-6-14-7-5-12/h2-7H2,1H3,(H4,9,10,11). The quantitative estimate of drug-likeness (QED) is 0.351. The Morgan fingerprint density at radius 3 is 2.57 bits per heavy atom. The molecule has 6 nitrogen and oxygen atoms in total. The van der Waals surface area contributed by atoms with E-state index in [0.717, 1.165) is 39.3 Å². The summed E-state index contributed by atoms with van der Waals surface area (Å²) in [5, 5.41) is 8.00. The number of morpholine rings is 1. The molecule has 0 aromatic carbocycles. The van der Waals surface area contributed by atoms with E-state index < -0.39 is 0 Å². The van der Waals surface area contributed by atoms with Crippen LogP contribution in [0.25, 0.3) is 0 Å². The van der Waals surface area contributed by atoms with E-state index in [9.17, 15) is 0 Å². The monoisotopic (exact) mass is 201 g/mol. The first-order valence-electron chi connectivity index (χ1n) is 4.93. The van der Waals surface area contributed by atoms with Gasteiger partial charge in [0.25, 0.3) is 0 Å². The van der Waals surface area contributed by atoms with Crippen LogP contribution in [0.3, 0.4) is 0 Å². The molecule has 0 radical (unpaired) electrons. The number of rotatable bonds is 4. The minimum absolute atomic E-state index is 0.102. The first-order valence-corrected chi connectivity index (χ1v) is 4.93. The molecule has 0 amide bonds. The maximum absolute atomic E-state index is 5.36. The molecule has 0 aromatic heterocycles. The third kappa shape index (κ3) is 3.39. The van der Waals surface area contributed by atoms with Gasteiger partial charge in [0.1, 0.15) is 0 Å². The molecule has 4 N–H and O–H groups in total. The van der Waals surface area contributed by atoms with E-state index in [1.807, 2.05) is 5.12 Å². The number of nitrogens with two attached hydrogens (primary N) is 2. The van der Waals surface area contributed by atoms with Gasteiger partial charge in [0, 0.05) is 13.1 Å². The number of guanidine groups is 1. The summed E-state index contributed by atoms with van der Waals surface area (Å²) in [7, 11) is 0. The first-order chi connectivity index (χ1) is 6.74. The lowest BCUT2D eigenvalue weighted by molar-refractivity contribution is -0.0895. The molecule has 0 bridgehead atoms. The van der Waals surface area contributed by atoms with Crippen LogP contribution in [0.5, 0.6) is 0 Å². The maximum atomic E-state index is 5.36. The average Bonchev–Trinajstić information content (AvgIpc) is 2.18. The largest absolute Gasteiger partial charge is 0.379 e. The highest BCUT2D eigenvalue weighted by Gasteiger charge is 2.16. The van der Waals surface area contributed by atoms with Crippen molar-refractivity contribution in [3.63, 3.8) is 0 Å². The topological polar surface area (TPSA) is 80.1 Å². The van der Waals surface area contributed by atoms with Crippen LogP contribution in [0.15, 0.2) is 5.10 Å². The van der Waals surface area contributed by atoms with E-state index in [1.54, 1.807) is 0 Å². The molecule has 1 aliphatic heterocycles. The number of hydrazone groups is 1. The number of ether oxygens (including phenoxy) is 1. The van der Waals surface area contributed by atoms with Crippen molar-refractivity contribution >= 4 is 5.96 Å². The van der Waals surface area contributed by atoms with Crippen molar-refractivity contribution in [2.24, 2.45) is 16.6 Å². The van der Waals surface area contributed by atoms with Gasteiger partial charge >= 0.3 is 0 Å². The SMILES string of the molecule is CCCN(N=C(N)N)N1CCOCC1. The lowest BCUT2D eigenvalue weighted by Crippen LogP contribution is -2.47. The Hall–Kier alpha value is -1.01. The van der Waals surface area contributed by atoms with Crippen molar-refractivity contribution < 1.29 is 4.74 Å². The van der Waals surface area contributed by atoms with E-state index in [1.165, 1.54) is 0 Å². The van der Waals surface area contributed by atoms with Crippen molar-refractivity contribution in [3.05, 3.63) is 0 Å². The van der Waals surface area contributed by atoms with Gasteiger partial charge in [-0.15, -0.1) is 5.10 Å². The van der Waals surface area contributed by atoms with Crippen LogP contribution in [0, 0.1) is 0 Å².